The van der Waals surface area contributed by atoms with Crippen molar-refractivity contribution in [3.8, 4) is 0 Å². The number of rotatable bonds is 3. The molecule has 0 bridgehead atoms. The van der Waals surface area contributed by atoms with Crippen molar-refractivity contribution in [2.45, 2.75) is 26.3 Å². The topological polar surface area (TPSA) is 78.1 Å². The Morgan fingerprint density at radius 1 is 0.958 bits per heavy atom. The van der Waals surface area contributed by atoms with Gasteiger partial charge in [0.25, 0.3) is 0 Å². The summed E-state index contributed by atoms with van der Waals surface area (Å²) in [4.78, 5) is 0. The molecule has 24 heavy (non-hydrogen) atoms. The molecular formula is C21H25N3. The highest BCUT2D eigenvalue weighted by atomic mass is 14.7. The lowest BCUT2D eigenvalue weighted by Gasteiger charge is -2.40. The normalized spacial score (nSPS) is 19.5. The third kappa shape index (κ3) is 2.83. The molecule has 0 aliphatic heterocycles. The van der Waals surface area contributed by atoms with Crippen LogP contribution in [0.3, 0.4) is 0 Å². The SMILES string of the molecule is CC1(C)C(N)=CC=C(c2ccc(N)cc2)C1c1cccc(CN)c1. The Hall–Kier alpha value is -2.52. The summed E-state index contributed by atoms with van der Waals surface area (Å²) in [7, 11) is 0. The first-order valence-corrected chi connectivity index (χ1v) is 8.26. The molecule has 0 heterocycles. The maximum atomic E-state index is 6.35. The van der Waals surface area contributed by atoms with Crippen LogP contribution in [0.1, 0.15) is 36.5 Å². The van der Waals surface area contributed by atoms with E-state index in [1.807, 2.05) is 18.2 Å². The molecule has 0 spiro atoms. The summed E-state index contributed by atoms with van der Waals surface area (Å²) >= 11 is 0. The van der Waals surface area contributed by atoms with Crippen LogP contribution in [0.5, 0.6) is 0 Å². The zero-order valence-corrected chi connectivity index (χ0v) is 14.3. The predicted molar refractivity (Wildman–Crippen MR) is 102 cm³/mol. The van der Waals surface area contributed by atoms with Gasteiger partial charge in [-0.15, -0.1) is 0 Å². The number of hydrogen-bond donors (Lipinski definition) is 3. The summed E-state index contributed by atoms with van der Waals surface area (Å²) in [5.41, 5.74) is 24.3. The van der Waals surface area contributed by atoms with E-state index in [1.54, 1.807) is 0 Å². The monoisotopic (exact) mass is 319 g/mol. The van der Waals surface area contributed by atoms with Crippen LogP contribution in [0, 0.1) is 5.41 Å². The number of nitrogens with two attached hydrogens (primary N) is 3. The van der Waals surface area contributed by atoms with Gasteiger partial charge in [-0.25, -0.2) is 0 Å². The van der Waals surface area contributed by atoms with Crippen molar-refractivity contribution in [1.82, 2.24) is 0 Å². The van der Waals surface area contributed by atoms with Crippen LogP contribution in [-0.2, 0) is 6.54 Å². The molecule has 0 radical (unpaired) electrons. The number of hydrogen-bond acceptors (Lipinski definition) is 3. The van der Waals surface area contributed by atoms with E-state index in [0.29, 0.717) is 6.54 Å². The van der Waals surface area contributed by atoms with Crippen LogP contribution in [0.2, 0.25) is 0 Å². The van der Waals surface area contributed by atoms with Crippen molar-refractivity contribution in [2.24, 2.45) is 16.9 Å². The first-order valence-electron chi connectivity index (χ1n) is 8.26. The lowest BCUT2D eigenvalue weighted by Crippen LogP contribution is -2.32. The molecule has 124 valence electrons. The summed E-state index contributed by atoms with van der Waals surface area (Å²) in [6.07, 6.45) is 4.15. The highest BCUT2D eigenvalue weighted by molar-refractivity contribution is 5.76. The van der Waals surface area contributed by atoms with E-state index in [-0.39, 0.29) is 11.3 Å². The first kappa shape index (κ1) is 16.3. The Balaban J connectivity index is 2.15. The Labute approximate surface area is 143 Å². The second-order valence-corrected chi connectivity index (χ2v) is 6.97. The van der Waals surface area contributed by atoms with Crippen molar-refractivity contribution in [2.75, 3.05) is 5.73 Å². The van der Waals surface area contributed by atoms with Crippen LogP contribution in [0.25, 0.3) is 5.57 Å². The largest absolute Gasteiger partial charge is 0.402 e. The van der Waals surface area contributed by atoms with Crippen molar-refractivity contribution in [3.63, 3.8) is 0 Å². The van der Waals surface area contributed by atoms with Gasteiger partial charge in [0.1, 0.15) is 0 Å². The maximum Gasteiger partial charge on any atom is 0.0314 e. The molecule has 2 aromatic rings. The number of anilines is 1. The van der Waals surface area contributed by atoms with E-state index in [9.17, 15) is 0 Å². The zero-order valence-electron chi connectivity index (χ0n) is 14.3. The Bertz CT molecular complexity index is 798. The fraction of sp³-hybridized carbons (Fsp3) is 0.238. The van der Waals surface area contributed by atoms with E-state index < -0.39 is 0 Å². The average Bonchev–Trinajstić information content (AvgIpc) is 2.58. The highest BCUT2D eigenvalue weighted by Gasteiger charge is 2.38. The number of nitrogen functional groups attached to an aromatic ring is 1. The van der Waals surface area contributed by atoms with Crippen LogP contribution in [-0.4, -0.2) is 0 Å². The summed E-state index contributed by atoms with van der Waals surface area (Å²) in [6, 6.07) is 16.5. The van der Waals surface area contributed by atoms with E-state index in [0.717, 1.165) is 16.9 Å². The second-order valence-electron chi connectivity index (χ2n) is 6.97. The minimum Gasteiger partial charge on any atom is -0.402 e. The van der Waals surface area contributed by atoms with Crippen molar-refractivity contribution >= 4 is 11.3 Å². The maximum absolute atomic E-state index is 6.35. The molecular weight excluding hydrogens is 294 g/mol. The molecule has 0 aromatic heterocycles. The molecule has 0 fully saturated rings. The van der Waals surface area contributed by atoms with E-state index >= 15 is 0 Å². The third-order valence-corrected chi connectivity index (χ3v) is 4.98. The van der Waals surface area contributed by atoms with Gasteiger partial charge in [0, 0.05) is 29.3 Å². The number of benzene rings is 2. The van der Waals surface area contributed by atoms with E-state index in [4.69, 9.17) is 17.2 Å². The summed E-state index contributed by atoms with van der Waals surface area (Å²) in [6.45, 7) is 4.93. The van der Waals surface area contributed by atoms with Gasteiger partial charge in [-0.3, -0.25) is 0 Å². The predicted octanol–water partition coefficient (Wildman–Crippen LogP) is 3.78. The molecule has 3 rings (SSSR count). The van der Waals surface area contributed by atoms with Crippen LogP contribution < -0.4 is 17.2 Å². The van der Waals surface area contributed by atoms with Gasteiger partial charge in [-0.1, -0.05) is 56.3 Å². The molecule has 1 aliphatic rings. The Kier molecular flexibility index (Phi) is 4.20. The molecule has 2 aromatic carbocycles. The summed E-state index contributed by atoms with van der Waals surface area (Å²) < 4.78 is 0. The van der Waals surface area contributed by atoms with Gasteiger partial charge in [0.2, 0.25) is 0 Å². The average molecular weight is 319 g/mol. The highest BCUT2D eigenvalue weighted by Crippen LogP contribution is 2.50. The van der Waals surface area contributed by atoms with Crippen LogP contribution in [0.4, 0.5) is 5.69 Å². The van der Waals surface area contributed by atoms with Gasteiger partial charge >= 0.3 is 0 Å². The van der Waals surface area contributed by atoms with Gasteiger partial charge in [-0.05, 0) is 40.5 Å². The van der Waals surface area contributed by atoms with Gasteiger partial charge in [-0.2, -0.15) is 0 Å². The standard InChI is InChI=1S/C21H25N3/c1-21(2)19(24)11-10-18(15-6-8-17(23)9-7-15)20(21)16-5-3-4-14(12-16)13-22/h3-12,20H,13,22-24H2,1-2H3. The fourth-order valence-corrected chi connectivity index (χ4v) is 3.48. The minimum atomic E-state index is -0.182. The molecule has 0 amide bonds. The van der Waals surface area contributed by atoms with E-state index in [1.165, 1.54) is 16.7 Å². The van der Waals surface area contributed by atoms with E-state index in [2.05, 4.69) is 56.3 Å². The molecule has 1 atom stereocenters. The quantitative estimate of drug-likeness (QED) is 0.753. The van der Waals surface area contributed by atoms with Crippen molar-refractivity contribution in [1.29, 1.82) is 0 Å². The Morgan fingerprint density at radius 3 is 2.33 bits per heavy atom. The van der Waals surface area contributed by atoms with Crippen LogP contribution in [0.15, 0.2) is 66.4 Å². The molecule has 6 N–H and O–H groups in total. The fourth-order valence-electron chi connectivity index (χ4n) is 3.48. The molecule has 0 saturated heterocycles. The number of allylic oxidation sites excluding steroid dienone is 4. The first-order chi connectivity index (χ1) is 11.4. The second kappa shape index (κ2) is 6.17. The molecule has 0 saturated carbocycles. The van der Waals surface area contributed by atoms with Gasteiger partial charge < -0.3 is 17.2 Å². The van der Waals surface area contributed by atoms with Gasteiger partial charge in [0.15, 0.2) is 0 Å². The lowest BCUT2D eigenvalue weighted by molar-refractivity contribution is 0.396. The van der Waals surface area contributed by atoms with Crippen molar-refractivity contribution in [3.05, 3.63) is 83.1 Å². The molecule has 1 aliphatic carbocycles. The molecule has 3 nitrogen and oxygen atoms in total. The smallest absolute Gasteiger partial charge is 0.0314 e. The van der Waals surface area contributed by atoms with Crippen molar-refractivity contribution < 1.29 is 0 Å². The van der Waals surface area contributed by atoms with Crippen LogP contribution >= 0.6 is 0 Å². The molecule has 1 unspecified atom stereocenters. The van der Waals surface area contributed by atoms with Gasteiger partial charge in [0.05, 0.1) is 0 Å². The lowest BCUT2D eigenvalue weighted by atomic mass is 9.65. The summed E-state index contributed by atoms with van der Waals surface area (Å²) in [5.74, 6) is 0.164. The third-order valence-electron chi connectivity index (χ3n) is 4.98. The molecule has 3 heteroatoms. The summed E-state index contributed by atoms with van der Waals surface area (Å²) in [5, 5.41) is 0. The Morgan fingerprint density at radius 2 is 1.67 bits per heavy atom. The minimum absolute atomic E-state index is 0.164. The zero-order chi connectivity index (χ0) is 17.3.